The van der Waals surface area contributed by atoms with Gasteiger partial charge in [-0.05, 0) is 43.2 Å². The number of ketones is 1. The van der Waals surface area contributed by atoms with Gasteiger partial charge in [0, 0.05) is 37.7 Å². The molecule has 0 unspecified atom stereocenters. The average molecular weight is 352 g/mol. The molecule has 0 aliphatic carbocycles. The third-order valence-electron chi connectivity index (χ3n) is 4.14. The summed E-state index contributed by atoms with van der Waals surface area (Å²) in [6.45, 7) is 3.97. The molecule has 136 valence electrons. The number of benzene rings is 2. The van der Waals surface area contributed by atoms with E-state index in [1.807, 2.05) is 30.3 Å². The van der Waals surface area contributed by atoms with E-state index in [9.17, 15) is 14.4 Å². The number of anilines is 1. The fourth-order valence-corrected chi connectivity index (χ4v) is 2.58. The lowest BCUT2D eigenvalue weighted by atomic mass is 10.1. The molecule has 2 aromatic rings. The van der Waals surface area contributed by atoms with Gasteiger partial charge < -0.3 is 10.2 Å². The topological polar surface area (TPSA) is 66.5 Å². The number of nitrogens with zero attached hydrogens (tertiary/aromatic N) is 1. The van der Waals surface area contributed by atoms with E-state index in [4.69, 9.17) is 0 Å². The molecule has 5 nitrogen and oxygen atoms in total. The maximum Gasteiger partial charge on any atom is 0.226 e. The highest BCUT2D eigenvalue weighted by atomic mass is 16.2. The van der Waals surface area contributed by atoms with Gasteiger partial charge in [-0.25, -0.2) is 0 Å². The van der Waals surface area contributed by atoms with Gasteiger partial charge in [-0.15, -0.1) is 0 Å². The second-order valence-electron chi connectivity index (χ2n) is 6.17. The quantitative estimate of drug-likeness (QED) is 0.741. The summed E-state index contributed by atoms with van der Waals surface area (Å²) >= 11 is 0. The summed E-state index contributed by atoms with van der Waals surface area (Å²) in [4.78, 5) is 36.9. The monoisotopic (exact) mass is 352 g/mol. The van der Waals surface area contributed by atoms with Crippen LogP contribution in [0.25, 0.3) is 0 Å². The normalized spacial score (nSPS) is 10.2. The summed E-state index contributed by atoms with van der Waals surface area (Å²) in [6, 6.07) is 16.7. The zero-order valence-electron chi connectivity index (χ0n) is 15.2. The van der Waals surface area contributed by atoms with Crippen molar-refractivity contribution < 1.29 is 14.4 Å². The van der Waals surface area contributed by atoms with Crippen LogP contribution in [-0.4, -0.2) is 35.6 Å². The van der Waals surface area contributed by atoms with Crippen LogP contribution in [0.5, 0.6) is 0 Å². The van der Waals surface area contributed by atoms with Crippen LogP contribution >= 0.6 is 0 Å². The average Bonchev–Trinajstić information content (AvgIpc) is 2.62. The van der Waals surface area contributed by atoms with Crippen LogP contribution in [0.3, 0.4) is 0 Å². The lowest BCUT2D eigenvalue weighted by Crippen LogP contribution is -2.33. The minimum Gasteiger partial charge on any atom is -0.342 e. The fourth-order valence-electron chi connectivity index (χ4n) is 2.58. The number of carbonyl (C=O) groups is 3. The SMILES string of the molecule is CC(=O)c1ccc(NC(=O)CCN(CCc2ccccc2)C(C)=O)cc1. The molecule has 0 aliphatic rings. The maximum absolute atomic E-state index is 12.1. The summed E-state index contributed by atoms with van der Waals surface area (Å²) in [6.07, 6.45) is 0.984. The number of hydrogen-bond acceptors (Lipinski definition) is 3. The largest absolute Gasteiger partial charge is 0.342 e. The zero-order chi connectivity index (χ0) is 18.9. The van der Waals surface area contributed by atoms with Gasteiger partial charge in [0.15, 0.2) is 5.78 Å². The lowest BCUT2D eigenvalue weighted by molar-refractivity contribution is -0.129. The first-order valence-corrected chi connectivity index (χ1v) is 8.66. The van der Waals surface area contributed by atoms with Gasteiger partial charge in [0.05, 0.1) is 0 Å². The first-order valence-electron chi connectivity index (χ1n) is 8.66. The van der Waals surface area contributed by atoms with E-state index in [0.717, 1.165) is 12.0 Å². The Morgan fingerprint density at radius 3 is 2.12 bits per heavy atom. The van der Waals surface area contributed by atoms with Crippen molar-refractivity contribution >= 4 is 23.3 Å². The highest BCUT2D eigenvalue weighted by Crippen LogP contribution is 2.11. The van der Waals surface area contributed by atoms with Crippen molar-refractivity contribution in [2.75, 3.05) is 18.4 Å². The van der Waals surface area contributed by atoms with E-state index >= 15 is 0 Å². The Bertz CT molecular complexity index is 755. The molecule has 1 N–H and O–H groups in total. The molecule has 2 aromatic carbocycles. The molecule has 0 aromatic heterocycles. The highest BCUT2D eigenvalue weighted by Gasteiger charge is 2.11. The van der Waals surface area contributed by atoms with Crippen molar-refractivity contribution in [2.45, 2.75) is 26.7 Å². The first-order chi connectivity index (χ1) is 12.5. The van der Waals surface area contributed by atoms with Crippen LogP contribution in [0.15, 0.2) is 54.6 Å². The maximum atomic E-state index is 12.1. The molecule has 0 aliphatic heterocycles. The number of hydrogen-bond donors (Lipinski definition) is 1. The molecule has 0 saturated carbocycles. The third-order valence-corrected chi connectivity index (χ3v) is 4.14. The van der Waals surface area contributed by atoms with Gasteiger partial charge in [0.25, 0.3) is 0 Å². The molecule has 0 bridgehead atoms. The summed E-state index contributed by atoms with van der Waals surface area (Å²) < 4.78 is 0. The van der Waals surface area contributed by atoms with Crippen molar-refractivity contribution in [1.29, 1.82) is 0 Å². The molecule has 26 heavy (non-hydrogen) atoms. The Balaban J connectivity index is 1.82. The standard InChI is InChI=1S/C21H24N2O3/c1-16(24)19-8-10-20(11-9-19)22-21(26)13-15-23(17(2)25)14-12-18-6-4-3-5-7-18/h3-11H,12-15H2,1-2H3,(H,22,26). The lowest BCUT2D eigenvalue weighted by Gasteiger charge is -2.21. The zero-order valence-corrected chi connectivity index (χ0v) is 15.2. The first kappa shape index (κ1) is 19.4. The molecule has 5 heteroatoms. The van der Waals surface area contributed by atoms with Gasteiger partial charge in [-0.2, -0.15) is 0 Å². The summed E-state index contributed by atoms with van der Waals surface area (Å²) in [5.74, 6) is -0.218. The van der Waals surface area contributed by atoms with Crippen LogP contribution in [0, 0.1) is 0 Å². The van der Waals surface area contributed by atoms with Crippen LogP contribution in [-0.2, 0) is 16.0 Å². The van der Waals surface area contributed by atoms with Crippen molar-refractivity contribution in [3.05, 3.63) is 65.7 Å². The predicted molar refractivity (Wildman–Crippen MR) is 102 cm³/mol. The highest BCUT2D eigenvalue weighted by molar-refractivity contribution is 5.95. The predicted octanol–water partition coefficient (Wildman–Crippen LogP) is 3.31. The second-order valence-corrected chi connectivity index (χ2v) is 6.17. The van der Waals surface area contributed by atoms with E-state index in [1.54, 1.807) is 29.2 Å². The van der Waals surface area contributed by atoms with Crippen molar-refractivity contribution in [3.63, 3.8) is 0 Å². The van der Waals surface area contributed by atoms with Gasteiger partial charge in [0.1, 0.15) is 0 Å². The molecule has 0 fully saturated rings. The number of amides is 2. The van der Waals surface area contributed by atoms with Gasteiger partial charge in [-0.3, -0.25) is 14.4 Å². The fraction of sp³-hybridized carbons (Fsp3) is 0.286. The summed E-state index contributed by atoms with van der Waals surface area (Å²) in [5.41, 5.74) is 2.40. The minimum atomic E-state index is -0.161. The third kappa shape index (κ3) is 6.16. The molecular weight excluding hydrogens is 328 g/mol. The number of carbonyl (C=O) groups excluding carboxylic acids is 3. The minimum absolute atomic E-state index is 0.0154. The van der Waals surface area contributed by atoms with Crippen molar-refractivity contribution in [1.82, 2.24) is 4.90 Å². The number of Topliss-reactive ketones (excluding diaryl/α,β-unsaturated/α-hetero) is 1. The Hall–Kier alpha value is -2.95. The Kier molecular flexibility index (Phi) is 7.09. The number of nitrogens with one attached hydrogen (secondary N) is 1. The Labute approximate surface area is 154 Å². The van der Waals surface area contributed by atoms with Crippen molar-refractivity contribution in [3.8, 4) is 0 Å². The van der Waals surface area contributed by atoms with E-state index in [1.165, 1.54) is 13.8 Å². The van der Waals surface area contributed by atoms with Crippen molar-refractivity contribution in [2.24, 2.45) is 0 Å². The summed E-state index contributed by atoms with van der Waals surface area (Å²) in [5, 5.41) is 2.79. The van der Waals surface area contributed by atoms with E-state index in [2.05, 4.69) is 5.32 Å². The van der Waals surface area contributed by atoms with Gasteiger partial charge in [0.2, 0.25) is 11.8 Å². The van der Waals surface area contributed by atoms with Gasteiger partial charge in [-0.1, -0.05) is 30.3 Å². The van der Waals surface area contributed by atoms with E-state index in [-0.39, 0.29) is 24.0 Å². The van der Waals surface area contributed by atoms with Crippen LogP contribution in [0.4, 0.5) is 5.69 Å². The molecule has 0 atom stereocenters. The van der Waals surface area contributed by atoms with Gasteiger partial charge >= 0.3 is 0 Å². The van der Waals surface area contributed by atoms with Crippen LogP contribution < -0.4 is 5.32 Å². The Morgan fingerprint density at radius 2 is 1.54 bits per heavy atom. The summed E-state index contributed by atoms with van der Waals surface area (Å²) in [7, 11) is 0. The molecule has 2 amide bonds. The molecule has 0 radical (unpaired) electrons. The van der Waals surface area contributed by atoms with Crippen LogP contribution in [0.1, 0.15) is 36.2 Å². The Morgan fingerprint density at radius 1 is 0.885 bits per heavy atom. The molecule has 0 heterocycles. The van der Waals surface area contributed by atoms with E-state index < -0.39 is 0 Å². The molecule has 0 spiro atoms. The smallest absolute Gasteiger partial charge is 0.226 e. The molecule has 2 rings (SSSR count). The molecule has 0 saturated heterocycles. The van der Waals surface area contributed by atoms with Crippen LogP contribution in [0.2, 0.25) is 0 Å². The second kappa shape index (κ2) is 9.51. The number of rotatable bonds is 8. The molecular formula is C21H24N2O3. The van der Waals surface area contributed by atoms with E-state index in [0.29, 0.717) is 24.3 Å².